The fourth-order valence-electron chi connectivity index (χ4n) is 1.21. The SMILES string of the molecule is O=C(CNC(=O)c1cccs1)Nc1nnc(C(F)(F)F)s1. The standard InChI is InChI=1S/C10H7F3N4O2S2/c11-10(12,13)8-16-17-9(21-8)15-6(18)4-14-7(19)5-2-1-3-20-5/h1-3H,4H2,(H,14,19)(H,15,17,18). The van der Waals surface area contributed by atoms with Gasteiger partial charge in [0.15, 0.2) is 0 Å². The van der Waals surface area contributed by atoms with Crippen molar-refractivity contribution in [2.45, 2.75) is 6.18 Å². The molecule has 0 saturated heterocycles. The molecule has 6 nitrogen and oxygen atoms in total. The van der Waals surface area contributed by atoms with Crippen LogP contribution in [0, 0.1) is 0 Å². The van der Waals surface area contributed by atoms with Gasteiger partial charge in [0.05, 0.1) is 11.4 Å². The van der Waals surface area contributed by atoms with E-state index in [-0.39, 0.29) is 23.0 Å². The molecule has 2 N–H and O–H groups in total. The molecule has 0 aliphatic rings. The summed E-state index contributed by atoms with van der Waals surface area (Å²) in [5, 5.41) is 10.9. The summed E-state index contributed by atoms with van der Waals surface area (Å²) in [5.41, 5.74) is 0. The van der Waals surface area contributed by atoms with Gasteiger partial charge in [0.1, 0.15) is 0 Å². The van der Waals surface area contributed by atoms with E-state index < -0.39 is 23.0 Å². The highest BCUT2D eigenvalue weighted by Crippen LogP contribution is 2.32. The fourth-order valence-corrected chi connectivity index (χ4v) is 2.47. The first-order valence-electron chi connectivity index (χ1n) is 5.38. The van der Waals surface area contributed by atoms with Crippen molar-refractivity contribution in [3.8, 4) is 0 Å². The van der Waals surface area contributed by atoms with E-state index in [2.05, 4.69) is 20.8 Å². The highest BCUT2D eigenvalue weighted by atomic mass is 32.1. The Hall–Kier alpha value is -2.01. The first-order valence-corrected chi connectivity index (χ1v) is 7.08. The summed E-state index contributed by atoms with van der Waals surface area (Å²) >= 11 is 1.41. The average molecular weight is 336 g/mol. The monoisotopic (exact) mass is 336 g/mol. The number of carbonyl (C=O) groups is 2. The maximum atomic E-state index is 12.3. The number of nitrogens with zero attached hydrogens (tertiary/aromatic N) is 2. The minimum atomic E-state index is -4.60. The largest absolute Gasteiger partial charge is 0.445 e. The zero-order valence-corrected chi connectivity index (χ0v) is 11.7. The van der Waals surface area contributed by atoms with Gasteiger partial charge in [-0.05, 0) is 11.4 Å². The number of halogens is 3. The molecule has 2 amide bonds. The van der Waals surface area contributed by atoms with E-state index in [1.165, 1.54) is 11.3 Å². The molecule has 2 rings (SSSR count). The van der Waals surface area contributed by atoms with E-state index >= 15 is 0 Å². The van der Waals surface area contributed by atoms with Crippen molar-refractivity contribution in [2.75, 3.05) is 11.9 Å². The van der Waals surface area contributed by atoms with Crippen molar-refractivity contribution in [1.29, 1.82) is 0 Å². The highest BCUT2D eigenvalue weighted by molar-refractivity contribution is 7.15. The molecule has 0 fully saturated rings. The van der Waals surface area contributed by atoms with Crippen LogP contribution in [-0.2, 0) is 11.0 Å². The summed E-state index contributed by atoms with van der Waals surface area (Å²) in [5.74, 6) is -1.13. The summed E-state index contributed by atoms with van der Waals surface area (Å²) in [4.78, 5) is 23.5. The van der Waals surface area contributed by atoms with Crippen molar-refractivity contribution in [1.82, 2.24) is 15.5 Å². The molecule has 0 aromatic carbocycles. The molecular formula is C10H7F3N4O2S2. The molecule has 0 aliphatic carbocycles. The third kappa shape index (κ3) is 4.23. The molecule has 112 valence electrons. The van der Waals surface area contributed by atoms with Crippen LogP contribution in [0.3, 0.4) is 0 Å². The Kier molecular flexibility index (Phi) is 4.53. The lowest BCUT2D eigenvalue weighted by atomic mass is 10.4. The van der Waals surface area contributed by atoms with Crippen LogP contribution in [0.2, 0.25) is 0 Å². The third-order valence-electron chi connectivity index (χ3n) is 2.07. The Bertz CT molecular complexity index is 639. The molecule has 2 heterocycles. The first-order chi connectivity index (χ1) is 9.86. The van der Waals surface area contributed by atoms with Crippen molar-refractivity contribution in [3.05, 3.63) is 27.4 Å². The second kappa shape index (κ2) is 6.18. The number of anilines is 1. The summed E-state index contributed by atoms with van der Waals surface area (Å²) < 4.78 is 36.9. The predicted molar refractivity (Wildman–Crippen MR) is 70.2 cm³/mol. The quantitative estimate of drug-likeness (QED) is 0.894. The van der Waals surface area contributed by atoms with Crippen LogP contribution in [0.5, 0.6) is 0 Å². The number of aromatic nitrogens is 2. The van der Waals surface area contributed by atoms with Crippen LogP contribution in [0.1, 0.15) is 14.7 Å². The Balaban J connectivity index is 1.85. The lowest BCUT2D eigenvalue weighted by Gasteiger charge is -2.03. The summed E-state index contributed by atoms with van der Waals surface area (Å²) in [6.45, 7) is -0.377. The second-order valence-corrected chi connectivity index (χ2v) is 5.54. The Morgan fingerprint density at radius 1 is 1.29 bits per heavy atom. The third-order valence-corrected chi connectivity index (χ3v) is 3.82. The van der Waals surface area contributed by atoms with E-state index in [9.17, 15) is 22.8 Å². The number of thiophene rings is 1. The van der Waals surface area contributed by atoms with E-state index in [0.717, 1.165) is 0 Å². The number of carbonyl (C=O) groups excluding carboxylic acids is 2. The van der Waals surface area contributed by atoms with Gasteiger partial charge in [-0.15, -0.1) is 21.5 Å². The van der Waals surface area contributed by atoms with Gasteiger partial charge in [-0.3, -0.25) is 14.9 Å². The zero-order valence-electron chi connectivity index (χ0n) is 10.1. The Morgan fingerprint density at radius 3 is 2.62 bits per heavy atom. The molecule has 2 aromatic heterocycles. The first kappa shape index (κ1) is 15.4. The van der Waals surface area contributed by atoms with Crippen LogP contribution in [0.15, 0.2) is 17.5 Å². The number of hydrogen-bond acceptors (Lipinski definition) is 6. The fraction of sp³-hybridized carbons (Fsp3) is 0.200. The smallest absolute Gasteiger partial charge is 0.342 e. The maximum absolute atomic E-state index is 12.3. The van der Waals surface area contributed by atoms with Crippen molar-refractivity contribution in [2.24, 2.45) is 0 Å². The van der Waals surface area contributed by atoms with E-state index in [1.807, 2.05) is 0 Å². The number of hydrogen-bond donors (Lipinski definition) is 2. The molecule has 0 spiro atoms. The van der Waals surface area contributed by atoms with Crippen molar-refractivity contribution >= 4 is 39.6 Å². The van der Waals surface area contributed by atoms with E-state index in [4.69, 9.17) is 0 Å². The molecule has 0 atom stereocenters. The molecule has 2 aromatic rings. The summed E-state index contributed by atoms with van der Waals surface area (Å²) in [6.07, 6.45) is -4.60. The topological polar surface area (TPSA) is 84.0 Å². The molecule has 0 saturated carbocycles. The minimum Gasteiger partial charge on any atom is -0.342 e. The number of alkyl halides is 3. The summed E-state index contributed by atoms with van der Waals surface area (Å²) in [6, 6.07) is 3.26. The average Bonchev–Trinajstić information content (AvgIpc) is 3.05. The van der Waals surface area contributed by atoms with Gasteiger partial charge in [-0.2, -0.15) is 13.2 Å². The normalized spacial score (nSPS) is 11.2. The Labute approximate surface area is 124 Å². The molecule has 0 aliphatic heterocycles. The maximum Gasteiger partial charge on any atom is 0.445 e. The van der Waals surface area contributed by atoms with Gasteiger partial charge in [0.25, 0.3) is 5.91 Å². The Morgan fingerprint density at radius 2 is 2.05 bits per heavy atom. The predicted octanol–water partition coefficient (Wildman–Crippen LogP) is 1.99. The van der Waals surface area contributed by atoms with Gasteiger partial charge >= 0.3 is 6.18 Å². The van der Waals surface area contributed by atoms with Crippen molar-refractivity contribution in [3.63, 3.8) is 0 Å². The van der Waals surface area contributed by atoms with Gasteiger partial charge in [-0.1, -0.05) is 17.4 Å². The van der Waals surface area contributed by atoms with Gasteiger partial charge in [0, 0.05) is 0 Å². The van der Waals surface area contributed by atoms with Gasteiger partial charge < -0.3 is 5.32 Å². The molecule has 11 heteroatoms. The zero-order chi connectivity index (χ0) is 15.5. The number of amides is 2. The van der Waals surface area contributed by atoms with Gasteiger partial charge in [-0.25, -0.2) is 0 Å². The van der Waals surface area contributed by atoms with Crippen molar-refractivity contribution < 1.29 is 22.8 Å². The molecule has 0 radical (unpaired) electrons. The second-order valence-electron chi connectivity index (χ2n) is 3.62. The molecular weight excluding hydrogens is 329 g/mol. The van der Waals surface area contributed by atoms with Gasteiger partial charge in [0.2, 0.25) is 16.0 Å². The van der Waals surface area contributed by atoms with Crippen LogP contribution in [0.4, 0.5) is 18.3 Å². The van der Waals surface area contributed by atoms with E-state index in [1.54, 1.807) is 17.5 Å². The molecule has 0 unspecified atom stereocenters. The van der Waals surface area contributed by atoms with E-state index in [0.29, 0.717) is 4.88 Å². The lowest BCUT2D eigenvalue weighted by molar-refractivity contribution is -0.138. The van der Waals surface area contributed by atoms with Crippen LogP contribution >= 0.6 is 22.7 Å². The van der Waals surface area contributed by atoms with Crippen LogP contribution in [0.25, 0.3) is 0 Å². The van der Waals surface area contributed by atoms with Crippen LogP contribution in [-0.4, -0.2) is 28.6 Å². The molecule has 21 heavy (non-hydrogen) atoms. The molecule has 0 bridgehead atoms. The highest BCUT2D eigenvalue weighted by Gasteiger charge is 2.35. The number of nitrogens with one attached hydrogen (secondary N) is 2. The summed E-state index contributed by atoms with van der Waals surface area (Å²) in [7, 11) is 0. The van der Waals surface area contributed by atoms with Crippen LogP contribution < -0.4 is 10.6 Å². The lowest BCUT2D eigenvalue weighted by Crippen LogP contribution is -2.32. The number of rotatable bonds is 4. The minimum absolute atomic E-state index is 0.210.